The van der Waals surface area contributed by atoms with Crippen LogP contribution < -0.4 is 0 Å². The van der Waals surface area contributed by atoms with Gasteiger partial charge in [0.1, 0.15) is 0 Å². The molecule has 2 amide bonds. The summed E-state index contributed by atoms with van der Waals surface area (Å²) in [5.41, 5.74) is 3.00. The lowest BCUT2D eigenvalue weighted by Gasteiger charge is -2.22. The van der Waals surface area contributed by atoms with Crippen LogP contribution in [0.3, 0.4) is 0 Å². The van der Waals surface area contributed by atoms with Crippen molar-refractivity contribution in [2.24, 2.45) is 0 Å². The molecule has 4 nitrogen and oxygen atoms in total. The monoisotopic (exact) mass is 275 g/mol. The van der Waals surface area contributed by atoms with E-state index in [1.807, 2.05) is 32.0 Å². The van der Waals surface area contributed by atoms with Gasteiger partial charge in [-0.2, -0.15) is 0 Å². The van der Waals surface area contributed by atoms with Gasteiger partial charge in [0.2, 0.25) is 11.8 Å². The molecule has 0 aliphatic carbocycles. The third-order valence-corrected chi connectivity index (χ3v) is 3.90. The van der Waals surface area contributed by atoms with Crippen molar-refractivity contribution in [1.82, 2.24) is 4.90 Å². The number of aryl methyl sites for hydroxylation is 2. The van der Waals surface area contributed by atoms with Crippen LogP contribution in [-0.4, -0.2) is 28.4 Å². The number of amides is 2. The molecule has 4 heteroatoms. The second-order valence-electron chi connectivity index (χ2n) is 5.46. The molecule has 108 valence electrons. The van der Waals surface area contributed by atoms with Gasteiger partial charge in [0.15, 0.2) is 0 Å². The molecule has 2 rings (SSSR count). The molecule has 0 spiro atoms. The largest absolute Gasteiger partial charge is 0.387 e. The number of aliphatic hydroxyl groups excluding tert-OH is 1. The zero-order valence-electron chi connectivity index (χ0n) is 12.1. The molecule has 1 unspecified atom stereocenters. The van der Waals surface area contributed by atoms with Crippen molar-refractivity contribution in [2.45, 2.75) is 45.6 Å². The summed E-state index contributed by atoms with van der Waals surface area (Å²) in [6.07, 6.45) is 1.47. The number of likely N-dealkylation sites (tertiary alicyclic amines) is 1. The summed E-state index contributed by atoms with van der Waals surface area (Å²) in [7, 11) is 0. The first-order valence-corrected chi connectivity index (χ1v) is 7.07. The molecular weight excluding hydrogens is 254 g/mol. The quantitative estimate of drug-likeness (QED) is 0.861. The van der Waals surface area contributed by atoms with Crippen LogP contribution in [0, 0.1) is 13.8 Å². The van der Waals surface area contributed by atoms with E-state index in [9.17, 15) is 14.7 Å². The van der Waals surface area contributed by atoms with Gasteiger partial charge in [-0.25, -0.2) is 0 Å². The molecule has 1 aromatic carbocycles. The minimum absolute atomic E-state index is 0.0557. The molecular formula is C16H21NO3. The Morgan fingerprint density at radius 1 is 1.10 bits per heavy atom. The van der Waals surface area contributed by atoms with E-state index in [0.717, 1.165) is 29.5 Å². The summed E-state index contributed by atoms with van der Waals surface area (Å²) in [4.78, 5) is 25.0. The third kappa shape index (κ3) is 3.25. The van der Waals surface area contributed by atoms with Crippen LogP contribution in [0.25, 0.3) is 0 Å². The van der Waals surface area contributed by atoms with E-state index in [-0.39, 0.29) is 18.4 Å². The molecule has 1 aliphatic heterocycles. The molecule has 0 radical (unpaired) electrons. The number of rotatable bonds is 3. The number of hydrogen-bond donors (Lipinski definition) is 1. The van der Waals surface area contributed by atoms with Gasteiger partial charge < -0.3 is 5.11 Å². The minimum Gasteiger partial charge on any atom is -0.387 e. The lowest BCUT2D eigenvalue weighted by Crippen LogP contribution is -2.38. The maximum atomic E-state index is 11.9. The van der Waals surface area contributed by atoms with Crippen molar-refractivity contribution in [2.75, 3.05) is 6.54 Å². The molecule has 20 heavy (non-hydrogen) atoms. The maximum absolute atomic E-state index is 11.9. The number of nitrogens with zero attached hydrogens (tertiary/aromatic N) is 1. The Balaban J connectivity index is 2.12. The van der Waals surface area contributed by atoms with Gasteiger partial charge in [0, 0.05) is 12.8 Å². The van der Waals surface area contributed by atoms with Gasteiger partial charge in [-0.1, -0.05) is 18.2 Å². The van der Waals surface area contributed by atoms with E-state index < -0.39 is 6.10 Å². The van der Waals surface area contributed by atoms with Gasteiger partial charge in [-0.05, 0) is 43.4 Å². The topological polar surface area (TPSA) is 57.6 Å². The van der Waals surface area contributed by atoms with E-state index in [4.69, 9.17) is 0 Å². The normalized spacial score (nSPS) is 18.1. The molecule has 1 fully saturated rings. The number of benzene rings is 1. The smallest absolute Gasteiger partial charge is 0.229 e. The van der Waals surface area contributed by atoms with Crippen LogP contribution in [0.5, 0.6) is 0 Å². The number of imide groups is 1. The van der Waals surface area contributed by atoms with E-state index >= 15 is 0 Å². The lowest BCUT2D eigenvalue weighted by atomic mass is 10.0. The van der Waals surface area contributed by atoms with E-state index in [1.54, 1.807) is 0 Å². The number of β-amino-alcohol motifs (C(OH)–C–C–N with tert-alkyl or cyclic N) is 1. The first-order chi connectivity index (χ1) is 9.49. The lowest BCUT2D eigenvalue weighted by molar-refractivity contribution is -0.145. The van der Waals surface area contributed by atoms with Crippen LogP contribution in [0.4, 0.5) is 0 Å². The van der Waals surface area contributed by atoms with E-state index in [2.05, 4.69) is 0 Å². The molecule has 1 aromatic rings. The van der Waals surface area contributed by atoms with Crippen molar-refractivity contribution >= 4 is 11.8 Å². The molecule has 1 aliphatic rings. The first-order valence-electron chi connectivity index (χ1n) is 7.07. The third-order valence-electron chi connectivity index (χ3n) is 3.90. The average Bonchev–Trinajstić information content (AvgIpc) is 2.57. The van der Waals surface area contributed by atoms with Gasteiger partial charge >= 0.3 is 0 Å². The molecule has 0 aromatic heterocycles. The molecule has 1 saturated heterocycles. The van der Waals surface area contributed by atoms with Crippen molar-refractivity contribution in [3.63, 3.8) is 0 Å². The summed E-state index contributed by atoms with van der Waals surface area (Å²) < 4.78 is 0. The van der Waals surface area contributed by atoms with Crippen molar-refractivity contribution < 1.29 is 14.7 Å². The van der Waals surface area contributed by atoms with Crippen LogP contribution in [0.1, 0.15) is 48.5 Å². The summed E-state index contributed by atoms with van der Waals surface area (Å²) in [5.74, 6) is -0.342. The van der Waals surface area contributed by atoms with Gasteiger partial charge in [0.25, 0.3) is 0 Å². The highest BCUT2D eigenvalue weighted by Gasteiger charge is 2.26. The second kappa shape index (κ2) is 6.18. The van der Waals surface area contributed by atoms with Crippen molar-refractivity contribution in [3.8, 4) is 0 Å². The predicted molar refractivity (Wildman–Crippen MR) is 76.1 cm³/mol. The highest BCUT2D eigenvalue weighted by atomic mass is 16.3. The minimum atomic E-state index is -0.819. The Labute approximate surface area is 119 Å². The number of hydrogen-bond acceptors (Lipinski definition) is 3. The molecule has 0 saturated carbocycles. The Hall–Kier alpha value is -1.68. The number of carbonyl (C=O) groups excluding carboxylic acids is 2. The zero-order chi connectivity index (χ0) is 14.7. The van der Waals surface area contributed by atoms with Gasteiger partial charge in [-0.3, -0.25) is 14.5 Å². The highest BCUT2D eigenvalue weighted by molar-refractivity contribution is 5.96. The van der Waals surface area contributed by atoms with E-state index in [0.29, 0.717) is 12.8 Å². The summed E-state index contributed by atoms with van der Waals surface area (Å²) in [6, 6.07) is 5.70. The van der Waals surface area contributed by atoms with Crippen LogP contribution in [0.2, 0.25) is 0 Å². The molecule has 0 bridgehead atoms. The number of carbonyl (C=O) groups is 2. The standard InChI is InChI=1S/C16H21NO3/c1-11-7-8-13(9-12(11)2)14(18)10-17-15(19)5-3-4-6-16(17)20/h7-9,14,18H,3-6,10H2,1-2H3. The molecule has 1 atom stereocenters. The predicted octanol–water partition coefficient (Wildman–Crippen LogP) is 2.27. The Morgan fingerprint density at radius 2 is 1.70 bits per heavy atom. The summed E-state index contributed by atoms with van der Waals surface area (Å²) in [5, 5.41) is 10.3. The maximum Gasteiger partial charge on any atom is 0.229 e. The Kier molecular flexibility index (Phi) is 4.55. The Morgan fingerprint density at radius 3 is 2.25 bits per heavy atom. The van der Waals surface area contributed by atoms with Crippen molar-refractivity contribution in [1.29, 1.82) is 0 Å². The van der Waals surface area contributed by atoms with Crippen LogP contribution in [-0.2, 0) is 9.59 Å². The average molecular weight is 275 g/mol. The fourth-order valence-electron chi connectivity index (χ4n) is 2.42. The van der Waals surface area contributed by atoms with Crippen LogP contribution >= 0.6 is 0 Å². The van der Waals surface area contributed by atoms with Gasteiger partial charge in [0.05, 0.1) is 12.6 Å². The highest BCUT2D eigenvalue weighted by Crippen LogP contribution is 2.20. The molecule has 1 N–H and O–H groups in total. The van der Waals surface area contributed by atoms with E-state index in [1.165, 1.54) is 4.90 Å². The van der Waals surface area contributed by atoms with Gasteiger partial charge in [-0.15, -0.1) is 0 Å². The fourth-order valence-corrected chi connectivity index (χ4v) is 2.42. The van der Waals surface area contributed by atoms with Crippen LogP contribution in [0.15, 0.2) is 18.2 Å². The SMILES string of the molecule is Cc1ccc(C(O)CN2C(=O)CCCCC2=O)cc1C. The zero-order valence-corrected chi connectivity index (χ0v) is 12.1. The first kappa shape index (κ1) is 14.7. The number of aliphatic hydroxyl groups is 1. The Bertz CT molecular complexity index is 506. The fraction of sp³-hybridized carbons (Fsp3) is 0.500. The summed E-state index contributed by atoms with van der Waals surface area (Å²) >= 11 is 0. The van der Waals surface area contributed by atoms with Crippen molar-refractivity contribution in [3.05, 3.63) is 34.9 Å². The summed E-state index contributed by atoms with van der Waals surface area (Å²) in [6.45, 7) is 4.04. The second-order valence-corrected chi connectivity index (χ2v) is 5.46. The molecule has 1 heterocycles.